The van der Waals surface area contributed by atoms with Crippen molar-refractivity contribution < 1.29 is 19.0 Å². The number of amides is 1. The highest BCUT2D eigenvalue weighted by atomic mass is 19.1. The molecule has 2 rings (SSSR count). The van der Waals surface area contributed by atoms with Crippen molar-refractivity contribution >= 4 is 11.6 Å². The van der Waals surface area contributed by atoms with Crippen LogP contribution in [-0.2, 0) is 16.0 Å². The van der Waals surface area contributed by atoms with Crippen molar-refractivity contribution in [1.29, 1.82) is 0 Å². The number of rotatable bonds is 15. The van der Waals surface area contributed by atoms with E-state index in [1.807, 2.05) is 45.0 Å². The molecule has 0 spiro atoms. The van der Waals surface area contributed by atoms with Crippen molar-refractivity contribution in [2.75, 3.05) is 12.0 Å². The normalized spacial score (nSPS) is 15.0. The summed E-state index contributed by atoms with van der Waals surface area (Å²) < 4.78 is 21.2. The number of hydrazine groups is 1. The Morgan fingerprint density at radius 1 is 1.13 bits per heavy atom. The smallest absolute Gasteiger partial charge is 0.249 e. The first kappa shape index (κ1) is 31.7. The van der Waals surface area contributed by atoms with Crippen molar-refractivity contribution in [2.24, 2.45) is 17.2 Å². The van der Waals surface area contributed by atoms with Gasteiger partial charge < -0.3 is 20.6 Å². The molecule has 2 aromatic rings. The molecule has 0 aromatic heterocycles. The van der Waals surface area contributed by atoms with Gasteiger partial charge in [0.25, 0.3) is 0 Å². The number of nitrogens with one attached hydrogen (secondary N) is 2. The third-order valence-electron chi connectivity index (χ3n) is 7.90. The predicted octanol–water partition coefficient (Wildman–Crippen LogP) is 6.14. The number of nitrogen functional groups attached to an aromatic ring is 1. The Hall–Kier alpha value is -2.48. The summed E-state index contributed by atoms with van der Waals surface area (Å²) in [6, 6.07) is 10.7. The number of carbonyl (C=O) groups excluding carboxylic acids is 1. The summed E-state index contributed by atoms with van der Waals surface area (Å²) in [6.45, 7) is 14.3. The van der Waals surface area contributed by atoms with E-state index in [9.17, 15) is 9.90 Å². The van der Waals surface area contributed by atoms with Crippen LogP contribution in [0.25, 0.3) is 11.1 Å². The lowest BCUT2D eigenvalue weighted by molar-refractivity contribution is -0.137. The van der Waals surface area contributed by atoms with E-state index in [-0.39, 0.29) is 35.7 Å². The molecule has 4 unspecified atom stereocenters. The molecule has 0 radical (unpaired) electrons. The highest BCUT2D eigenvalue weighted by molar-refractivity contribution is 5.81. The average molecular weight is 530 g/mol. The fraction of sp³-hybridized carbons (Fsp3) is 0.581. The minimum atomic E-state index is -0.671. The Balaban J connectivity index is 2.18. The van der Waals surface area contributed by atoms with E-state index in [4.69, 9.17) is 10.6 Å². The quantitative estimate of drug-likeness (QED) is 0.164. The summed E-state index contributed by atoms with van der Waals surface area (Å²) in [5.41, 5.74) is 6.43. The predicted molar refractivity (Wildman–Crippen MR) is 154 cm³/mol. The lowest BCUT2D eigenvalue weighted by Crippen LogP contribution is -2.50. The van der Waals surface area contributed by atoms with Crippen LogP contribution in [0.4, 0.5) is 10.1 Å². The third-order valence-corrected chi connectivity index (χ3v) is 7.90. The van der Waals surface area contributed by atoms with Crippen molar-refractivity contribution in [1.82, 2.24) is 5.32 Å². The largest absolute Gasteiger partial charge is 0.390 e. The standard InChI is InChI=1S/C31H48FN3O3/c1-8-11-20(4)27(36)19-38-28(9-2)30(37)34-29(31(6,7)10-3)18-24-13-12-23(17-25(24)32)22-14-15-26(35-33)21(5)16-22/h12-17,20,27-29,35-36H,8-11,18-19,33H2,1-7H3,(H,34,37). The average Bonchev–Trinajstić information content (AvgIpc) is 2.89. The molecule has 0 heterocycles. The molecule has 5 N–H and O–H groups in total. The Morgan fingerprint density at radius 3 is 2.34 bits per heavy atom. The van der Waals surface area contributed by atoms with Gasteiger partial charge >= 0.3 is 0 Å². The summed E-state index contributed by atoms with van der Waals surface area (Å²) >= 11 is 0. The Labute approximate surface area is 228 Å². The molecule has 0 saturated heterocycles. The van der Waals surface area contributed by atoms with E-state index in [0.29, 0.717) is 18.4 Å². The van der Waals surface area contributed by atoms with Crippen LogP contribution < -0.4 is 16.6 Å². The molecule has 6 nitrogen and oxygen atoms in total. The van der Waals surface area contributed by atoms with Crippen LogP contribution in [0.15, 0.2) is 36.4 Å². The molecule has 1 amide bonds. The Bertz CT molecular complexity index is 1040. The van der Waals surface area contributed by atoms with Crippen molar-refractivity contribution in [3.63, 3.8) is 0 Å². The fourth-order valence-electron chi connectivity index (χ4n) is 4.56. The van der Waals surface area contributed by atoms with Crippen LogP contribution in [0.5, 0.6) is 0 Å². The molecule has 38 heavy (non-hydrogen) atoms. The minimum absolute atomic E-state index is 0.109. The number of aryl methyl sites for hydroxylation is 1. The number of hydrogen-bond acceptors (Lipinski definition) is 5. The number of benzene rings is 2. The molecular weight excluding hydrogens is 481 g/mol. The lowest BCUT2D eigenvalue weighted by atomic mass is 9.78. The van der Waals surface area contributed by atoms with Gasteiger partial charge in [-0.25, -0.2) is 4.39 Å². The van der Waals surface area contributed by atoms with E-state index in [0.717, 1.165) is 41.6 Å². The molecule has 0 aliphatic heterocycles. The van der Waals surface area contributed by atoms with Crippen molar-refractivity contribution in [2.45, 2.75) is 98.8 Å². The second-order valence-corrected chi connectivity index (χ2v) is 11.2. The zero-order chi connectivity index (χ0) is 28.5. The van der Waals surface area contributed by atoms with Gasteiger partial charge in [-0.1, -0.05) is 66.2 Å². The molecular formula is C31H48FN3O3. The van der Waals surface area contributed by atoms with E-state index in [2.05, 4.69) is 38.4 Å². The second kappa shape index (κ2) is 14.6. The first-order valence-corrected chi connectivity index (χ1v) is 13.9. The summed E-state index contributed by atoms with van der Waals surface area (Å²) in [7, 11) is 0. The molecule has 0 saturated carbocycles. The van der Waals surface area contributed by atoms with E-state index >= 15 is 4.39 Å². The molecule has 0 aliphatic rings. The highest BCUT2D eigenvalue weighted by Crippen LogP contribution is 2.30. The first-order chi connectivity index (χ1) is 18.0. The number of carbonyl (C=O) groups is 1. The van der Waals surface area contributed by atoms with Crippen LogP contribution in [0, 0.1) is 24.1 Å². The van der Waals surface area contributed by atoms with Gasteiger partial charge in [-0.05, 0) is 84.4 Å². The maximum absolute atomic E-state index is 15.3. The van der Waals surface area contributed by atoms with Gasteiger partial charge in [0.1, 0.15) is 11.9 Å². The van der Waals surface area contributed by atoms with Gasteiger partial charge in [0.05, 0.1) is 18.4 Å². The Morgan fingerprint density at radius 2 is 1.79 bits per heavy atom. The monoisotopic (exact) mass is 529 g/mol. The molecule has 2 aromatic carbocycles. The Kier molecular flexibility index (Phi) is 12.2. The van der Waals surface area contributed by atoms with Gasteiger partial charge in [0, 0.05) is 6.04 Å². The van der Waals surface area contributed by atoms with Crippen molar-refractivity contribution in [3.8, 4) is 11.1 Å². The maximum atomic E-state index is 15.3. The molecule has 4 atom stereocenters. The summed E-state index contributed by atoms with van der Waals surface area (Å²) in [4.78, 5) is 13.2. The molecule has 212 valence electrons. The van der Waals surface area contributed by atoms with E-state index < -0.39 is 12.2 Å². The van der Waals surface area contributed by atoms with E-state index in [1.165, 1.54) is 0 Å². The van der Waals surface area contributed by atoms with Crippen LogP contribution in [0.3, 0.4) is 0 Å². The van der Waals surface area contributed by atoms with Crippen molar-refractivity contribution in [3.05, 3.63) is 53.3 Å². The zero-order valence-corrected chi connectivity index (χ0v) is 24.2. The molecule has 0 aliphatic carbocycles. The second-order valence-electron chi connectivity index (χ2n) is 11.2. The lowest BCUT2D eigenvalue weighted by Gasteiger charge is -2.35. The SMILES string of the molecule is CCCC(C)C(O)COC(CC)C(=O)NC(Cc1ccc(-c2ccc(NN)c(C)c2)cc1F)C(C)(C)CC. The number of aliphatic hydroxyl groups is 1. The maximum Gasteiger partial charge on any atom is 0.249 e. The topological polar surface area (TPSA) is 96.6 Å². The third kappa shape index (κ3) is 8.52. The highest BCUT2D eigenvalue weighted by Gasteiger charge is 2.32. The number of halogens is 1. The van der Waals surface area contributed by atoms with Crippen LogP contribution in [-0.4, -0.2) is 35.9 Å². The fourth-order valence-corrected chi connectivity index (χ4v) is 4.56. The first-order valence-electron chi connectivity index (χ1n) is 13.9. The number of ether oxygens (including phenoxy) is 1. The number of aliphatic hydroxyl groups excluding tert-OH is 1. The number of anilines is 1. The zero-order valence-electron chi connectivity index (χ0n) is 24.2. The van der Waals surface area contributed by atoms with Gasteiger partial charge in [0.15, 0.2) is 0 Å². The van der Waals surface area contributed by atoms with Gasteiger partial charge in [-0.2, -0.15) is 0 Å². The van der Waals surface area contributed by atoms with Gasteiger partial charge in [0.2, 0.25) is 5.91 Å². The summed E-state index contributed by atoms with van der Waals surface area (Å²) in [5, 5.41) is 13.5. The molecule has 0 fully saturated rings. The minimum Gasteiger partial charge on any atom is -0.390 e. The van der Waals surface area contributed by atoms with Gasteiger partial charge in [-0.15, -0.1) is 0 Å². The van der Waals surface area contributed by atoms with Crippen LogP contribution in [0.2, 0.25) is 0 Å². The van der Waals surface area contributed by atoms with Gasteiger partial charge in [-0.3, -0.25) is 10.6 Å². The molecule has 7 heteroatoms. The van der Waals surface area contributed by atoms with Crippen LogP contribution >= 0.6 is 0 Å². The number of nitrogens with two attached hydrogens (primary N) is 1. The summed E-state index contributed by atoms with van der Waals surface area (Å²) in [5.74, 6) is 5.11. The molecule has 0 bridgehead atoms. The van der Waals surface area contributed by atoms with E-state index in [1.54, 1.807) is 12.1 Å². The summed E-state index contributed by atoms with van der Waals surface area (Å²) in [6.07, 6.45) is 2.26. The van der Waals surface area contributed by atoms with Crippen LogP contribution in [0.1, 0.15) is 78.4 Å². The number of hydrogen-bond donors (Lipinski definition) is 4.